The molecule has 0 atom stereocenters. The van der Waals surface area contributed by atoms with Gasteiger partial charge in [0.05, 0.1) is 30.7 Å². The van der Waals surface area contributed by atoms with Gasteiger partial charge < -0.3 is 10.4 Å². The van der Waals surface area contributed by atoms with Crippen LogP contribution in [0.1, 0.15) is 25.0 Å². The predicted molar refractivity (Wildman–Crippen MR) is 100 cm³/mol. The standard InChI is InChI=1S/C19H21N5O3/c1-2-3-8-19(22-23-19)9-10-20-17(26)13-16-14-6-4-5-7-15(14)18(27)24(21-16)11-12-25/h1,4-7,25H,3,8-13H2,(H,20,26). The Kier molecular flexibility index (Phi) is 5.62. The molecule has 0 bridgehead atoms. The first-order valence-corrected chi connectivity index (χ1v) is 8.82. The molecule has 0 spiro atoms. The minimum absolute atomic E-state index is 0.0395. The number of hydrogen-bond donors (Lipinski definition) is 2. The third-order valence-electron chi connectivity index (χ3n) is 4.48. The van der Waals surface area contributed by atoms with Crippen molar-refractivity contribution in [3.63, 3.8) is 0 Å². The number of terminal acetylenes is 1. The van der Waals surface area contributed by atoms with Gasteiger partial charge in [-0.25, -0.2) is 4.68 Å². The SMILES string of the molecule is C#CCCC1(CCNC(=O)Cc2nn(CCO)c(=O)c3ccccc23)N=N1. The number of aliphatic hydroxyl groups excluding tert-OH is 1. The normalized spacial score (nSPS) is 14.1. The Morgan fingerprint density at radius 2 is 2.00 bits per heavy atom. The fourth-order valence-electron chi connectivity index (χ4n) is 2.97. The van der Waals surface area contributed by atoms with E-state index in [-0.39, 0.29) is 31.0 Å². The quantitative estimate of drug-likeness (QED) is 0.645. The highest BCUT2D eigenvalue weighted by Gasteiger charge is 2.38. The molecule has 1 aliphatic rings. The van der Waals surface area contributed by atoms with E-state index >= 15 is 0 Å². The van der Waals surface area contributed by atoms with Gasteiger partial charge in [0.25, 0.3) is 5.56 Å². The van der Waals surface area contributed by atoms with Crippen molar-refractivity contribution < 1.29 is 9.90 Å². The van der Waals surface area contributed by atoms with Crippen molar-refractivity contribution in [3.05, 3.63) is 40.3 Å². The summed E-state index contributed by atoms with van der Waals surface area (Å²) in [6, 6.07) is 7.02. The summed E-state index contributed by atoms with van der Waals surface area (Å²) in [7, 11) is 0. The number of aliphatic hydroxyl groups is 1. The Labute approximate surface area is 156 Å². The van der Waals surface area contributed by atoms with E-state index in [0.29, 0.717) is 42.3 Å². The van der Waals surface area contributed by atoms with Crippen LogP contribution in [-0.4, -0.2) is 39.6 Å². The smallest absolute Gasteiger partial charge is 0.274 e. The maximum atomic E-state index is 12.4. The first kappa shape index (κ1) is 18.7. The molecule has 0 saturated heterocycles. The van der Waals surface area contributed by atoms with Crippen LogP contribution in [0.4, 0.5) is 0 Å². The number of carbonyl (C=O) groups excluding carboxylic acids is 1. The summed E-state index contributed by atoms with van der Waals surface area (Å²) in [6.45, 7) is 0.313. The molecule has 1 aromatic carbocycles. The fraction of sp³-hybridized carbons (Fsp3) is 0.421. The zero-order valence-corrected chi connectivity index (χ0v) is 14.9. The molecule has 1 amide bonds. The number of hydrogen-bond acceptors (Lipinski definition) is 6. The third-order valence-corrected chi connectivity index (χ3v) is 4.48. The molecule has 0 radical (unpaired) electrons. The largest absolute Gasteiger partial charge is 0.394 e. The molecule has 3 rings (SSSR count). The average molecular weight is 367 g/mol. The molecule has 8 nitrogen and oxygen atoms in total. The highest BCUT2D eigenvalue weighted by atomic mass is 16.3. The Hall–Kier alpha value is -3.05. The van der Waals surface area contributed by atoms with Gasteiger partial charge in [0.2, 0.25) is 5.91 Å². The molecule has 1 aliphatic heterocycles. The van der Waals surface area contributed by atoms with Gasteiger partial charge >= 0.3 is 0 Å². The van der Waals surface area contributed by atoms with Crippen LogP contribution < -0.4 is 10.9 Å². The lowest BCUT2D eigenvalue weighted by Gasteiger charge is -2.12. The molecule has 2 N–H and O–H groups in total. The van der Waals surface area contributed by atoms with E-state index in [9.17, 15) is 9.59 Å². The van der Waals surface area contributed by atoms with Crippen LogP contribution in [0, 0.1) is 12.3 Å². The molecule has 140 valence electrons. The Morgan fingerprint density at radius 1 is 1.26 bits per heavy atom. The second-order valence-electron chi connectivity index (χ2n) is 6.41. The molecule has 2 heterocycles. The number of fused-ring (bicyclic) bond motifs is 1. The Bertz CT molecular complexity index is 967. The first-order chi connectivity index (χ1) is 13.1. The van der Waals surface area contributed by atoms with E-state index in [2.05, 4.69) is 26.6 Å². The molecule has 0 fully saturated rings. The van der Waals surface area contributed by atoms with Crippen molar-refractivity contribution >= 4 is 16.7 Å². The minimum atomic E-state index is -0.432. The maximum Gasteiger partial charge on any atom is 0.274 e. The van der Waals surface area contributed by atoms with Gasteiger partial charge in [0.15, 0.2) is 5.66 Å². The molecular weight excluding hydrogens is 346 g/mol. The van der Waals surface area contributed by atoms with E-state index in [0.717, 1.165) is 0 Å². The summed E-state index contributed by atoms with van der Waals surface area (Å²) >= 11 is 0. The highest BCUT2D eigenvalue weighted by Crippen LogP contribution is 2.36. The third kappa shape index (κ3) is 4.38. The number of nitrogens with one attached hydrogen (secondary N) is 1. The molecule has 0 aliphatic carbocycles. The van der Waals surface area contributed by atoms with Gasteiger partial charge in [-0.3, -0.25) is 9.59 Å². The van der Waals surface area contributed by atoms with Crippen LogP contribution >= 0.6 is 0 Å². The van der Waals surface area contributed by atoms with Gasteiger partial charge in [-0.1, -0.05) is 18.2 Å². The molecule has 8 heteroatoms. The number of benzene rings is 1. The molecule has 27 heavy (non-hydrogen) atoms. The zero-order valence-electron chi connectivity index (χ0n) is 14.9. The van der Waals surface area contributed by atoms with E-state index in [4.69, 9.17) is 11.5 Å². The van der Waals surface area contributed by atoms with E-state index in [1.54, 1.807) is 24.3 Å². The van der Waals surface area contributed by atoms with Crippen LogP contribution in [0.5, 0.6) is 0 Å². The van der Waals surface area contributed by atoms with Gasteiger partial charge in [-0.2, -0.15) is 15.3 Å². The summed E-state index contributed by atoms with van der Waals surface area (Å²) in [5.74, 6) is 2.37. The summed E-state index contributed by atoms with van der Waals surface area (Å²) in [5.41, 5.74) is -0.214. The number of amides is 1. The highest BCUT2D eigenvalue weighted by molar-refractivity contribution is 5.88. The molecule has 2 aromatic rings. The van der Waals surface area contributed by atoms with E-state index in [1.807, 2.05) is 0 Å². The van der Waals surface area contributed by atoms with Crippen LogP contribution in [0.25, 0.3) is 10.8 Å². The lowest BCUT2D eigenvalue weighted by Crippen LogP contribution is -2.31. The van der Waals surface area contributed by atoms with Crippen molar-refractivity contribution in [2.45, 2.75) is 37.9 Å². The first-order valence-electron chi connectivity index (χ1n) is 8.82. The van der Waals surface area contributed by atoms with Crippen LogP contribution in [0.2, 0.25) is 0 Å². The van der Waals surface area contributed by atoms with Gasteiger partial charge in [-0.05, 0) is 6.07 Å². The van der Waals surface area contributed by atoms with E-state index in [1.165, 1.54) is 4.68 Å². The molecule has 0 saturated carbocycles. The molecule has 1 aromatic heterocycles. The molecule has 0 unspecified atom stereocenters. The Balaban J connectivity index is 1.67. The second kappa shape index (κ2) is 8.10. The minimum Gasteiger partial charge on any atom is -0.394 e. The summed E-state index contributed by atoms with van der Waals surface area (Å²) in [4.78, 5) is 24.7. The lowest BCUT2D eigenvalue weighted by atomic mass is 10.0. The summed E-state index contributed by atoms with van der Waals surface area (Å²) < 4.78 is 1.20. The van der Waals surface area contributed by atoms with Crippen molar-refractivity contribution in [1.82, 2.24) is 15.1 Å². The predicted octanol–water partition coefficient (Wildman–Crippen LogP) is 1.01. The second-order valence-corrected chi connectivity index (χ2v) is 6.41. The van der Waals surface area contributed by atoms with Crippen molar-refractivity contribution in [3.8, 4) is 12.3 Å². The van der Waals surface area contributed by atoms with Crippen LogP contribution in [-0.2, 0) is 17.8 Å². The van der Waals surface area contributed by atoms with E-state index < -0.39 is 5.66 Å². The average Bonchev–Trinajstić information content (AvgIpc) is 3.44. The van der Waals surface area contributed by atoms with Gasteiger partial charge in [0.1, 0.15) is 0 Å². The Morgan fingerprint density at radius 3 is 2.67 bits per heavy atom. The zero-order chi connectivity index (χ0) is 19.3. The number of nitrogens with zero attached hydrogens (tertiary/aromatic N) is 4. The lowest BCUT2D eigenvalue weighted by molar-refractivity contribution is -0.120. The number of rotatable bonds is 9. The topological polar surface area (TPSA) is 109 Å². The molecular formula is C19H21N5O3. The fourth-order valence-corrected chi connectivity index (χ4v) is 2.97. The number of aromatic nitrogens is 2. The summed E-state index contributed by atoms with van der Waals surface area (Å²) in [6.07, 6.45) is 7.21. The monoisotopic (exact) mass is 367 g/mol. The van der Waals surface area contributed by atoms with Crippen LogP contribution in [0.15, 0.2) is 39.3 Å². The van der Waals surface area contributed by atoms with Crippen molar-refractivity contribution in [1.29, 1.82) is 0 Å². The van der Waals surface area contributed by atoms with Gasteiger partial charge in [-0.15, -0.1) is 12.3 Å². The van der Waals surface area contributed by atoms with Crippen molar-refractivity contribution in [2.75, 3.05) is 13.2 Å². The number of carbonyl (C=O) groups is 1. The van der Waals surface area contributed by atoms with Crippen LogP contribution in [0.3, 0.4) is 0 Å². The summed E-state index contributed by atoms with van der Waals surface area (Å²) in [5, 5.41) is 25.5. The maximum absolute atomic E-state index is 12.4. The van der Waals surface area contributed by atoms with Gasteiger partial charge in [0, 0.05) is 31.2 Å². The van der Waals surface area contributed by atoms with Crippen molar-refractivity contribution in [2.24, 2.45) is 10.2 Å².